The van der Waals surface area contributed by atoms with Crippen LogP contribution in [0.4, 0.5) is 4.79 Å². The Morgan fingerprint density at radius 1 is 0.690 bits per heavy atom. The van der Waals surface area contributed by atoms with Crippen molar-refractivity contribution in [3.63, 3.8) is 0 Å². The van der Waals surface area contributed by atoms with Crippen LogP contribution in [0.25, 0.3) is 0 Å². The van der Waals surface area contributed by atoms with Gasteiger partial charge in [-0.05, 0) is 103 Å². The normalized spacial score (nSPS) is 23.5. The first-order valence-electron chi connectivity index (χ1n) is 16.2. The fraction of sp³-hybridized carbons (Fsp3) is 0.639. The van der Waals surface area contributed by atoms with Gasteiger partial charge in [-0.25, -0.2) is 4.79 Å². The average molecular weight is 579 g/mol. The molecule has 6 nitrogen and oxygen atoms in total. The van der Waals surface area contributed by atoms with Crippen LogP contribution in [0.3, 0.4) is 0 Å². The number of nitrogens with one attached hydrogen (secondary N) is 2. The first-order chi connectivity index (χ1) is 19.9. The van der Waals surface area contributed by atoms with E-state index in [1.165, 1.54) is 55.2 Å². The van der Waals surface area contributed by atoms with Crippen LogP contribution < -0.4 is 10.6 Å². The van der Waals surface area contributed by atoms with Gasteiger partial charge in [-0.1, -0.05) is 61.4 Å². The van der Waals surface area contributed by atoms with Crippen LogP contribution in [0.15, 0.2) is 48.5 Å². The molecule has 0 saturated carbocycles. The first-order valence-corrected chi connectivity index (χ1v) is 16.2. The molecule has 2 aromatic rings. The van der Waals surface area contributed by atoms with Crippen LogP contribution in [0.1, 0.15) is 109 Å². The molecule has 0 aromatic heterocycles. The van der Waals surface area contributed by atoms with Crippen molar-refractivity contribution in [1.82, 2.24) is 20.4 Å². The van der Waals surface area contributed by atoms with Gasteiger partial charge in [0.2, 0.25) is 0 Å². The highest BCUT2D eigenvalue weighted by atomic mass is 16.6. The van der Waals surface area contributed by atoms with E-state index in [-0.39, 0.29) is 6.09 Å². The lowest BCUT2D eigenvalue weighted by molar-refractivity contribution is 0.0523. The number of ether oxygens (including phenoxy) is 1. The van der Waals surface area contributed by atoms with E-state index in [1.807, 2.05) is 27.8 Å². The monoisotopic (exact) mass is 578 g/mol. The lowest BCUT2D eigenvalue weighted by Gasteiger charge is -2.39. The highest BCUT2D eigenvalue weighted by Gasteiger charge is 2.25. The smallest absolute Gasteiger partial charge is 0.407 e. The maximum absolute atomic E-state index is 11.7. The molecule has 0 radical (unpaired) electrons. The van der Waals surface area contributed by atoms with Gasteiger partial charge in [-0.15, -0.1) is 0 Å². The second kappa shape index (κ2) is 16.4. The molecule has 42 heavy (non-hydrogen) atoms. The van der Waals surface area contributed by atoms with E-state index in [2.05, 4.69) is 96.7 Å². The van der Waals surface area contributed by atoms with Crippen molar-refractivity contribution >= 4 is 6.09 Å². The van der Waals surface area contributed by atoms with Gasteiger partial charge in [0.25, 0.3) is 0 Å². The number of nitrogens with zero attached hydrogens (tertiary/aromatic N) is 2. The molecular formula is C36H58N4O2. The third-order valence-corrected chi connectivity index (χ3v) is 8.75. The van der Waals surface area contributed by atoms with Crippen molar-refractivity contribution in [3.8, 4) is 0 Å². The first kappa shape index (κ1) is 34.1. The summed E-state index contributed by atoms with van der Waals surface area (Å²) in [6.07, 6.45) is 7.64. The molecule has 1 amide bonds. The van der Waals surface area contributed by atoms with Gasteiger partial charge < -0.3 is 15.4 Å². The standard InChI is InChI=1S/C20H32N2O2.C16H26N2/c1-15-7-6-8-16(2)22(15)14-18-11-9-17(10-12-18)13-21-19(23)24-20(3,4)5;1-13-5-4-6-14(2)18(13)12-16-9-7-15(8-10-16)11-17-3/h9-12,15-16H,6-8,13-14H2,1-5H3,(H,21,23);7-10,13-14,17H,4-6,11-12H2,1-3H3/t15-,16+;13-,14+. The fourth-order valence-corrected chi connectivity index (χ4v) is 6.21. The predicted octanol–water partition coefficient (Wildman–Crippen LogP) is 7.64. The Hall–Kier alpha value is -2.41. The Labute approximate surface area is 256 Å². The second-order valence-corrected chi connectivity index (χ2v) is 13.6. The number of rotatable bonds is 8. The third-order valence-electron chi connectivity index (χ3n) is 8.75. The van der Waals surface area contributed by atoms with E-state index >= 15 is 0 Å². The summed E-state index contributed by atoms with van der Waals surface area (Å²) in [6.45, 7) is 18.5. The number of piperidine rings is 2. The lowest BCUT2D eigenvalue weighted by atomic mass is 9.96. The minimum Gasteiger partial charge on any atom is -0.444 e. The Balaban J connectivity index is 0.000000240. The van der Waals surface area contributed by atoms with Crippen molar-refractivity contribution < 1.29 is 9.53 Å². The van der Waals surface area contributed by atoms with Crippen LogP contribution in [-0.4, -0.2) is 52.7 Å². The van der Waals surface area contributed by atoms with Gasteiger partial charge in [-0.3, -0.25) is 9.80 Å². The van der Waals surface area contributed by atoms with E-state index in [0.717, 1.165) is 37.3 Å². The molecule has 2 fully saturated rings. The number of hydrogen-bond donors (Lipinski definition) is 2. The second-order valence-electron chi connectivity index (χ2n) is 13.6. The molecule has 4 rings (SSSR count). The number of benzene rings is 2. The van der Waals surface area contributed by atoms with Gasteiger partial charge >= 0.3 is 6.09 Å². The van der Waals surface area contributed by atoms with Crippen molar-refractivity contribution in [3.05, 3.63) is 70.8 Å². The molecular weight excluding hydrogens is 520 g/mol. The summed E-state index contributed by atoms with van der Waals surface area (Å²) in [5.74, 6) is 0. The zero-order valence-electron chi connectivity index (χ0n) is 27.7. The summed E-state index contributed by atoms with van der Waals surface area (Å²) in [6, 6.07) is 20.3. The number of alkyl carbamates (subject to hydrolysis) is 1. The van der Waals surface area contributed by atoms with Crippen molar-refractivity contribution in [2.75, 3.05) is 7.05 Å². The molecule has 2 aliphatic heterocycles. The summed E-state index contributed by atoms with van der Waals surface area (Å²) in [4.78, 5) is 16.9. The quantitative estimate of drug-likeness (QED) is 0.337. The molecule has 0 aliphatic carbocycles. The Morgan fingerprint density at radius 3 is 1.40 bits per heavy atom. The highest BCUT2D eigenvalue weighted by molar-refractivity contribution is 5.67. The molecule has 4 atom stereocenters. The predicted molar refractivity (Wildman–Crippen MR) is 175 cm³/mol. The van der Waals surface area contributed by atoms with E-state index in [4.69, 9.17) is 4.74 Å². The van der Waals surface area contributed by atoms with Crippen LogP contribution >= 0.6 is 0 Å². The maximum Gasteiger partial charge on any atom is 0.407 e. The van der Waals surface area contributed by atoms with Crippen LogP contribution in [0.5, 0.6) is 0 Å². The zero-order chi connectivity index (χ0) is 30.7. The summed E-state index contributed by atoms with van der Waals surface area (Å²) < 4.78 is 5.25. The highest BCUT2D eigenvalue weighted by Crippen LogP contribution is 2.25. The largest absolute Gasteiger partial charge is 0.444 e. The van der Waals surface area contributed by atoms with E-state index in [1.54, 1.807) is 0 Å². The Kier molecular flexibility index (Phi) is 13.3. The Bertz CT molecular complexity index is 1040. The maximum atomic E-state index is 11.7. The molecule has 2 saturated heterocycles. The molecule has 6 heteroatoms. The number of likely N-dealkylation sites (tertiary alicyclic amines) is 2. The zero-order valence-corrected chi connectivity index (χ0v) is 27.7. The van der Waals surface area contributed by atoms with E-state index in [9.17, 15) is 4.79 Å². The van der Waals surface area contributed by atoms with E-state index in [0.29, 0.717) is 18.6 Å². The molecule has 2 aromatic carbocycles. The average Bonchev–Trinajstić information content (AvgIpc) is 2.93. The summed E-state index contributed by atoms with van der Waals surface area (Å²) >= 11 is 0. The molecule has 2 heterocycles. The minimum atomic E-state index is -0.463. The molecule has 2 aliphatic rings. The van der Waals surface area contributed by atoms with Gasteiger partial charge in [0.1, 0.15) is 5.60 Å². The minimum absolute atomic E-state index is 0.373. The van der Waals surface area contributed by atoms with Gasteiger partial charge in [0.15, 0.2) is 0 Å². The number of carbonyl (C=O) groups excluding carboxylic acids is 1. The summed E-state index contributed by atoms with van der Waals surface area (Å²) in [5.41, 5.74) is 4.76. The molecule has 234 valence electrons. The topological polar surface area (TPSA) is 56.8 Å². The molecule has 0 bridgehead atoms. The number of carbonyl (C=O) groups is 1. The summed E-state index contributed by atoms with van der Waals surface area (Å²) in [7, 11) is 1.99. The van der Waals surface area contributed by atoms with Crippen molar-refractivity contribution in [1.29, 1.82) is 0 Å². The summed E-state index contributed by atoms with van der Waals surface area (Å²) in [5, 5.41) is 5.99. The van der Waals surface area contributed by atoms with Crippen LogP contribution in [0, 0.1) is 0 Å². The SMILES string of the molecule is CNCc1ccc(CN2[C@H](C)CCC[C@@H]2C)cc1.C[C@@H]1CCC[C@H](C)N1Cc1ccc(CNC(=O)OC(C)(C)C)cc1. The van der Waals surface area contributed by atoms with Crippen molar-refractivity contribution in [2.24, 2.45) is 0 Å². The van der Waals surface area contributed by atoms with Crippen LogP contribution in [0.2, 0.25) is 0 Å². The molecule has 2 N–H and O–H groups in total. The van der Waals surface area contributed by atoms with Crippen molar-refractivity contribution in [2.45, 2.75) is 143 Å². The van der Waals surface area contributed by atoms with Gasteiger partial charge in [-0.2, -0.15) is 0 Å². The Morgan fingerprint density at radius 2 is 1.05 bits per heavy atom. The van der Waals surface area contributed by atoms with Gasteiger partial charge in [0, 0.05) is 50.3 Å². The molecule has 0 unspecified atom stereocenters. The number of hydrogen-bond acceptors (Lipinski definition) is 5. The molecule has 0 spiro atoms. The third kappa shape index (κ3) is 11.3. The van der Waals surface area contributed by atoms with E-state index < -0.39 is 5.60 Å². The van der Waals surface area contributed by atoms with Gasteiger partial charge in [0.05, 0.1) is 0 Å². The number of amides is 1. The lowest BCUT2D eigenvalue weighted by Crippen LogP contribution is -2.42. The van der Waals surface area contributed by atoms with Crippen LogP contribution in [-0.2, 0) is 30.9 Å². The fourth-order valence-electron chi connectivity index (χ4n) is 6.21.